The van der Waals surface area contributed by atoms with Gasteiger partial charge in [0.15, 0.2) is 0 Å². The van der Waals surface area contributed by atoms with Gasteiger partial charge in [0.1, 0.15) is 0 Å². The molecule has 0 saturated carbocycles. The molecule has 0 bridgehead atoms. The van der Waals surface area contributed by atoms with Gasteiger partial charge in [0.2, 0.25) is 0 Å². The zero-order chi connectivity index (χ0) is 13.1. The van der Waals surface area contributed by atoms with E-state index in [1.54, 1.807) is 11.3 Å². The molecule has 2 rings (SSSR count). The molecule has 100 valence electrons. The van der Waals surface area contributed by atoms with Crippen molar-refractivity contribution in [1.29, 1.82) is 0 Å². The minimum atomic E-state index is 0.222. The Bertz CT molecular complexity index is 419. The Morgan fingerprint density at radius 1 is 1.44 bits per heavy atom. The fourth-order valence-electron chi connectivity index (χ4n) is 2.64. The van der Waals surface area contributed by atoms with E-state index in [0.29, 0.717) is 0 Å². The van der Waals surface area contributed by atoms with Gasteiger partial charge in [-0.3, -0.25) is 4.79 Å². The number of piperidine rings is 1. The number of rotatable bonds is 3. The number of nitrogens with one attached hydrogen (secondary N) is 1. The van der Waals surface area contributed by atoms with Gasteiger partial charge in [-0.25, -0.2) is 0 Å². The van der Waals surface area contributed by atoms with Crippen LogP contribution in [0.15, 0.2) is 6.07 Å². The zero-order valence-corrected chi connectivity index (χ0v) is 12.3. The Kier molecular flexibility index (Phi) is 4.40. The average Bonchev–Trinajstić information content (AvgIpc) is 2.69. The lowest BCUT2D eigenvalue weighted by Gasteiger charge is -2.32. The summed E-state index contributed by atoms with van der Waals surface area (Å²) in [6.45, 7) is 6.98. The number of hydrogen-bond acceptors (Lipinski definition) is 3. The fraction of sp³-hybridized carbons (Fsp3) is 0.643. The summed E-state index contributed by atoms with van der Waals surface area (Å²) < 4.78 is 0. The molecule has 3 nitrogen and oxygen atoms in total. The first-order valence-corrected chi connectivity index (χ1v) is 7.44. The summed E-state index contributed by atoms with van der Waals surface area (Å²) >= 11 is 1.71. The SMILES string of the molecule is CNCC1CCN(C(=O)c2cc(C)sc2C)CC1. The highest BCUT2D eigenvalue weighted by molar-refractivity contribution is 7.12. The molecular weight excluding hydrogens is 244 g/mol. The molecule has 1 aromatic rings. The maximum atomic E-state index is 12.4. The van der Waals surface area contributed by atoms with Crippen molar-refractivity contribution in [3.63, 3.8) is 0 Å². The third-order valence-electron chi connectivity index (χ3n) is 3.67. The summed E-state index contributed by atoms with van der Waals surface area (Å²) in [5.41, 5.74) is 0.907. The van der Waals surface area contributed by atoms with Gasteiger partial charge in [0.25, 0.3) is 5.91 Å². The summed E-state index contributed by atoms with van der Waals surface area (Å²) in [4.78, 5) is 16.8. The lowest BCUT2D eigenvalue weighted by atomic mass is 9.96. The van der Waals surface area contributed by atoms with Crippen molar-refractivity contribution in [2.75, 3.05) is 26.7 Å². The van der Waals surface area contributed by atoms with Gasteiger partial charge in [-0.15, -0.1) is 11.3 Å². The van der Waals surface area contributed by atoms with Gasteiger partial charge < -0.3 is 10.2 Å². The van der Waals surface area contributed by atoms with Crippen molar-refractivity contribution >= 4 is 17.2 Å². The standard InChI is InChI=1S/C14H22N2OS/c1-10-8-13(11(2)18-10)14(17)16-6-4-12(5-7-16)9-15-3/h8,12,15H,4-7,9H2,1-3H3. The van der Waals surface area contributed by atoms with E-state index in [9.17, 15) is 4.79 Å². The second-order valence-corrected chi connectivity index (χ2v) is 6.58. The highest BCUT2D eigenvalue weighted by Crippen LogP contribution is 2.24. The van der Waals surface area contributed by atoms with E-state index in [0.717, 1.165) is 48.8 Å². The number of nitrogens with zero attached hydrogens (tertiary/aromatic N) is 1. The Hall–Kier alpha value is -0.870. The molecule has 18 heavy (non-hydrogen) atoms. The largest absolute Gasteiger partial charge is 0.339 e. The van der Waals surface area contributed by atoms with E-state index >= 15 is 0 Å². The summed E-state index contributed by atoms with van der Waals surface area (Å²) in [6.07, 6.45) is 2.24. The molecule has 0 unspecified atom stereocenters. The normalized spacial score (nSPS) is 17.2. The number of amides is 1. The molecule has 1 N–H and O–H groups in total. The summed E-state index contributed by atoms with van der Waals surface area (Å²) in [5.74, 6) is 0.948. The smallest absolute Gasteiger partial charge is 0.254 e. The zero-order valence-electron chi connectivity index (χ0n) is 11.5. The van der Waals surface area contributed by atoms with Crippen LogP contribution in [-0.2, 0) is 0 Å². The first-order chi connectivity index (χ1) is 8.61. The van der Waals surface area contributed by atoms with Crippen LogP contribution in [0.25, 0.3) is 0 Å². The second kappa shape index (κ2) is 5.85. The van der Waals surface area contributed by atoms with Crippen LogP contribution in [-0.4, -0.2) is 37.5 Å². The number of hydrogen-bond donors (Lipinski definition) is 1. The van der Waals surface area contributed by atoms with Gasteiger partial charge in [0.05, 0.1) is 5.56 Å². The summed E-state index contributed by atoms with van der Waals surface area (Å²) in [5, 5.41) is 3.22. The lowest BCUT2D eigenvalue weighted by molar-refractivity contribution is 0.0691. The van der Waals surface area contributed by atoms with Gasteiger partial charge in [-0.05, 0) is 52.3 Å². The predicted octanol–water partition coefficient (Wildman–Crippen LogP) is 2.44. The molecule has 1 fully saturated rings. The number of thiophene rings is 1. The third-order valence-corrected chi connectivity index (χ3v) is 4.63. The van der Waals surface area contributed by atoms with Crippen LogP contribution in [0, 0.1) is 19.8 Å². The molecule has 1 amide bonds. The molecule has 0 aromatic carbocycles. The van der Waals surface area contributed by atoms with E-state index in [-0.39, 0.29) is 5.91 Å². The van der Waals surface area contributed by atoms with E-state index < -0.39 is 0 Å². The van der Waals surface area contributed by atoms with Gasteiger partial charge in [-0.2, -0.15) is 0 Å². The number of carbonyl (C=O) groups excluding carboxylic acids is 1. The van der Waals surface area contributed by atoms with Crippen LogP contribution in [0.3, 0.4) is 0 Å². The minimum absolute atomic E-state index is 0.222. The van der Waals surface area contributed by atoms with Gasteiger partial charge in [-0.1, -0.05) is 0 Å². The molecule has 0 spiro atoms. The van der Waals surface area contributed by atoms with Crippen LogP contribution in [0.1, 0.15) is 33.0 Å². The fourth-order valence-corrected chi connectivity index (χ4v) is 3.56. The molecule has 1 aliphatic heterocycles. The Balaban J connectivity index is 1.97. The number of aryl methyl sites for hydroxylation is 2. The van der Waals surface area contributed by atoms with Crippen molar-refractivity contribution in [3.8, 4) is 0 Å². The summed E-state index contributed by atoms with van der Waals surface area (Å²) in [6, 6.07) is 2.03. The van der Waals surface area contributed by atoms with Crippen LogP contribution in [0.4, 0.5) is 0 Å². The maximum Gasteiger partial charge on any atom is 0.254 e. The average molecular weight is 266 g/mol. The van der Waals surface area contributed by atoms with Crippen molar-refractivity contribution in [1.82, 2.24) is 10.2 Å². The summed E-state index contributed by atoms with van der Waals surface area (Å²) in [7, 11) is 2.00. The molecule has 0 atom stereocenters. The Morgan fingerprint density at radius 3 is 2.61 bits per heavy atom. The van der Waals surface area contributed by atoms with Crippen molar-refractivity contribution in [2.24, 2.45) is 5.92 Å². The quantitative estimate of drug-likeness (QED) is 0.911. The first kappa shape index (κ1) is 13.6. The molecule has 0 radical (unpaired) electrons. The van der Waals surface area contributed by atoms with E-state index in [1.807, 2.05) is 24.9 Å². The molecule has 1 aliphatic rings. The van der Waals surface area contributed by atoms with Crippen molar-refractivity contribution in [2.45, 2.75) is 26.7 Å². The Morgan fingerprint density at radius 2 is 2.11 bits per heavy atom. The maximum absolute atomic E-state index is 12.4. The highest BCUT2D eigenvalue weighted by Gasteiger charge is 2.24. The molecule has 1 saturated heterocycles. The minimum Gasteiger partial charge on any atom is -0.339 e. The van der Waals surface area contributed by atoms with Crippen molar-refractivity contribution < 1.29 is 4.79 Å². The monoisotopic (exact) mass is 266 g/mol. The first-order valence-electron chi connectivity index (χ1n) is 6.62. The van der Waals surface area contributed by atoms with E-state index in [2.05, 4.69) is 12.2 Å². The molecule has 0 aliphatic carbocycles. The second-order valence-electron chi connectivity index (χ2n) is 5.12. The number of likely N-dealkylation sites (tertiary alicyclic amines) is 1. The van der Waals surface area contributed by atoms with E-state index in [1.165, 1.54) is 4.88 Å². The topological polar surface area (TPSA) is 32.3 Å². The molecule has 1 aromatic heterocycles. The number of carbonyl (C=O) groups is 1. The molecule has 4 heteroatoms. The van der Waals surface area contributed by atoms with Crippen LogP contribution in [0.2, 0.25) is 0 Å². The van der Waals surface area contributed by atoms with Gasteiger partial charge >= 0.3 is 0 Å². The predicted molar refractivity (Wildman–Crippen MR) is 76.3 cm³/mol. The third kappa shape index (κ3) is 2.93. The van der Waals surface area contributed by atoms with E-state index in [4.69, 9.17) is 0 Å². The molecule has 2 heterocycles. The Labute approximate surface area is 113 Å². The van der Waals surface area contributed by atoms with Crippen LogP contribution < -0.4 is 5.32 Å². The lowest BCUT2D eigenvalue weighted by Crippen LogP contribution is -2.40. The van der Waals surface area contributed by atoms with Crippen LogP contribution >= 0.6 is 11.3 Å². The van der Waals surface area contributed by atoms with Crippen molar-refractivity contribution in [3.05, 3.63) is 21.4 Å². The highest BCUT2D eigenvalue weighted by atomic mass is 32.1. The van der Waals surface area contributed by atoms with Gasteiger partial charge in [0, 0.05) is 22.8 Å². The molecular formula is C14H22N2OS. The van der Waals surface area contributed by atoms with Crippen LogP contribution in [0.5, 0.6) is 0 Å².